The van der Waals surface area contributed by atoms with Gasteiger partial charge in [0.2, 0.25) is 5.75 Å². The molecule has 140 valence electrons. The zero-order chi connectivity index (χ0) is 19.0. The monoisotopic (exact) mass is 360 g/mol. The van der Waals surface area contributed by atoms with E-state index >= 15 is 0 Å². The summed E-state index contributed by atoms with van der Waals surface area (Å²) >= 11 is 0. The van der Waals surface area contributed by atoms with Crippen molar-refractivity contribution in [3.8, 4) is 34.5 Å². The first kappa shape index (κ1) is 18.0. The van der Waals surface area contributed by atoms with Gasteiger partial charge in [-0.2, -0.15) is 0 Å². The van der Waals surface area contributed by atoms with Crippen molar-refractivity contribution < 1.29 is 29.5 Å². The molecule has 1 unspecified atom stereocenters. The van der Waals surface area contributed by atoms with Crippen LogP contribution in [0.15, 0.2) is 12.1 Å². The largest absolute Gasteiger partial charge is 0.507 e. The van der Waals surface area contributed by atoms with Crippen LogP contribution >= 0.6 is 0 Å². The number of hydrogen-bond donors (Lipinski definition) is 3. The minimum atomic E-state index is -0.0247. The molecular formula is C20H24O6. The first-order valence-electron chi connectivity index (χ1n) is 8.47. The SMILES string of the molecule is COc1cc(CC2COc3c(C)c(O)c(C)c(O)c3C2)cc(OC)c1O. The highest BCUT2D eigenvalue weighted by atomic mass is 16.5. The maximum atomic E-state index is 10.4. The predicted octanol–water partition coefficient (Wildman–Crippen LogP) is 3.23. The molecule has 0 amide bonds. The molecule has 6 nitrogen and oxygen atoms in total. The molecule has 3 N–H and O–H groups in total. The molecule has 2 aromatic rings. The Hall–Kier alpha value is -2.76. The molecule has 1 aliphatic rings. The smallest absolute Gasteiger partial charge is 0.200 e. The van der Waals surface area contributed by atoms with E-state index in [2.05, 4.69) is 0 Å². The van der Waals surface area contributed by atoms with Crippen LogP contribution in [-0.2, 0) is 12.8 Å². The average molecular weight is 360 g/mol. The third kappa shape index (κ3) is 2.96. The Morgan fingerprint density at radius 1 is 0.962 bits per heavy atom. The second-order valence-electron chi connectivity index (χ2n) is 6.69. The Kier molecular flexibility index (Phi) is 4.76. The Morgan fingerprint density at radius 2 is 1.58 bits per heavy atom. The summed E-state index contributed by atoms with van der Waals surface area (Å²) in [4.78, 5) is 0. The van der Waals surface area contributed by atoms with E-state index in [1.165, 1.54) is 14.2 Å². The number of rotatable bonds is 4. The Bertz CT molecular complexity index is 818. The summed E-state index contributed by atoms with van der Waals surface area (Å²) in [6.07, 6.45) is 1.31. The highest BCUT2D eigenvalue weighted by molar-refractivity contribution is 5.61. The Morgan fingerprint density at radius 3 is 2.15 bits per heavy atom. The Balaban J connectivity index is 1.89. The number of aromatic hydroxyl groups is 3. The molecule has 1 atom stereocenters. The van der Waals surface area contributed by atoms with Crippen molar-refractivity contribution in [1.82, 2.24) is 0 Å². The molecule has 0 aliphatic carbocycles. The topological polar surface area (TPSA) is 88.4 Å². The molecule has 6 heteroatoms. The molecule has 1 aliphatic heterocycles. The van der Waals surface area contributed by atoms with Crippen molar-refractivity contribution in [3.63, 3.8) is 0 Å². The number of phenolic OH excluding ortho intramolecular Hbond substituents is 3. The van der Waals surface area contributed by atoms with Crippen LogP contribution in [0.25, 0.3) is 0 Å². The maximum Gasteiger partial charge on any atom is 0.200 e. The van der Waals surface area contributed by atoms with Crippen LogP contribution in [0.3, 0.4) is 0 Å². The minimum absolute atomic E-state index is 0.0247. The van der Waals surface area contributed by atoms with Gasteiger partial charge in [0.1, 0.15) is 17.2 Å². The fourth-order valence-electron chi connectivity index (χ4n) is 3.52. The van der Waals surface area contributed by atoms with Gasteiger partial charge in [0.25, 0.3) is 0 Å². The molecule has 1 heterocycles. The zero-order valence-corrected chi connectivity index (χ0v) is 15.4. The average Bonchev–Trinajstić information content (AvgIpc) is 2.65. The maximum absolute atomic E-state index is 10.4. The quantitative estimate of drug-likeness (QED) is 0.776. The summed E-state index contributed by atoms with van der Waals surface area (Å²) in [6.45, 7) is 3.95. The number of ether oxygens (including phenoxy) is 3. The van der Waals surface area contributed by atoms with E-state index in [4.69, 9.17) is 14.2 Å². The van der Waals surface area contributed by atoms with Gasteiger partial charge in [-0.25, -0.2) is 0 Å². The lowest BCUT2D eigenvalue weighted by Crippen LogP contribution is -2.23. The van der Waals surface area contributed by atoms with Crippen molar-refractivity contribution >= 4 is 0 Å². The zero-order valence-electron chi connectivity index (χ0n) is 15.4. The molecule has 26 heavy (non-hydrogen) atoms. The van der Waals surface area contributed by atoms with Crippen molar-refractivity contribution in [3.05, 3.63) is 34.4 Å². The molecule has 3 rings (SSSR count). The summed E-state index contributed by atoms with van der Waals surface area (Å²) in [6, 6.07) is 3.56. The van der Waals surface area contributed by atoms with Crippen LogP contribution in [0.1, 0.15) is 22.3 Å². The number of benzene rings is 2. The normalized spacial score (nSPS) is 15.9. The van der Waals surface area contributed by atoms with Crippen molar-refractivity contribution in [2.75, 3.05) is 20.8 Å². The van der Waals surface area contributed by atoms with Crippen LogP contribution in [0, 0.1) is 19.8 Å². The minimum Gasteiger partial charge on any atom is -0.507 e. The first-order valence-corrected chi connectivity index (χ1v) is 8.47. The molecule has 0 saturated heterocycles. The summed E-state index contributed by atoms with van der Waals surface area (Å²) in [7, 11) is 2.99. The van der Waals surface area contributed by atoms with E-state index in [9.17, 15) is 15.3 Å². The molecular weight excluding hydrogens is 336 g/mol. The van der Waals surface area contributed by atoms with E-state index in [0.717, 1.165) is 11.1 Å². The van der Waals surface area contributed by atoms with Crippen molar-refractivity contribution in [2.45, 2.75) is 26.7 Å². The van der Waals surface area contributed by atoms with Gasteiger partial charge in [0.05, 0.1) is 20.8 Å². The highest BCUT2D eigenvalue weighted by Gasteiger charge is 2.28. The van der Waals surface area contributed by atoms with Gasteiger partial charge in [0, 0.05) is 22.6 Å². The lowest BCUT2D eigenvalue weighted by molar-refractivity contribution is 0.215. The summed E-state index contributed by atoms with van der Waals surface area (Å²) in [5, 5.41) is 30.6. The summed E-state index contributed by atoms with van der Waals surface area (Å²) < 4.78 is 16.3. The molecule has 0 fully saturated rings. The fraction of sp³-hybridized carbons (Fsp3) is 0.400. The van der Waals surface area contributed by atoms with Gasteiger partial charge in [-0.15, -0.1) is 0 Å². The predicted molar refractivity (Wildman–Crippen MR) is 96.8 cm³/mol. The van der Waals surface area contributed by atoms with E-state index in [1.54, 1.807) is 26.0 Å². The summed E-state index contributed by atoms with van der Waals surface area (Å²) in [5.74, 6) is 1.56. The van der Waals surface area contributed by atoms with E-state index in [1.807, 2.05) is 0 Å². The standard InChI is InChI=1S/C20H24O6/c1-10-17(21)11(2)20-14(18(10)22)6-13(9-26-20)5-12-7-15(24-3)19(23)16(8-12)25-4/h7-8,13,21-23H,5-6,9H2,1-4H3. The second-order valence-corrected chi connectivity index (χ2v) is 6.69. The van der Waals surface area contributed by atoms with Gasteiger partial charge in [-0.3, -0.25) is 0 Å². The molecule has 0 aromatic heterocycles. The first-order chi connectivity index (χ1) is 12.4. The van der Waals surface area contributed by atoms with Crippen LogP contribution in [0.2, 0.25) is 0 Å². The third-order valence-corrected chi connectivity index (χ3v) is 4.99. The number of fused-ring (bicyclic) bond motifs is 1. The van der Waals surface area contributed by atoms with E-state index in [0.29, 0.717) is 47.8 Å². The van der Waals surface area contributed by atoms with Crippen LogP contribution < -0.4 is 14.2 Å². The number of phenols is 3. The molecule has 0 spiro atoms. The number of methoxy groups -OCH3 is 2. The van der Waals surface area contributed by atoms with Crippen molar-refractivity contribution in [2.24, 2.45) is 5.92 Å². The molecule has 0 bridgehead atoms. The van der Waals surface area contributed by atoms with Crippen LogP contribution in [0.4, 0.5) is 0 Å². The molecule has 2 aromatic carbocycles. The van der Waals surface area contributed by atoms with Crippen LogP contribution in [-0.4, -0.2) is 36.1 Å². The molecule has 0 radical (unpaired) electrons. The van der Waals surface area contributed by atoms with Crippen molar-refractivity contribution in [1.29, 1.82) is 0 Å². The number of hydrogen-bond acceptors (Lipinski definition) is 6. The Labute approximate surface area is 152 Å². The second kappa shape index (κ2) is 6.86. The van der Waals surface area contributed by atoms with E-state index < -0.39 is 0 Å². The van der Waals surface area contributed by atoms with Gasteiger partial charge >= 0.3 is 0 Å². The van der Waals surface area contributed by atoms with E-state index in [-0.39, 0.29) is 23.2 Å². The van der Waals surface area contributed by atoms with Crippen LogP contribution in [0.5, 0.6) is 34.5 Å². The highest BCUT2D eigenvalue weighted by Crippen LogP contribution is 2.45. The van der Waals surface area contributed by atoms with Gasteiger partial charge in [0.15, 0.2) is 11.5 Å². The van der Waals surface area contributed by atoms with Gasteiger partial charge in [-0.1, -0.05) is 0 Å². The lowest BCUT2D eigenvalue weighted by Gasteiger charge is -2.28. The van der Waals surface area contributed by atoms with Gasteiger partial charge < -0.3 is 29.5 Å². The van der Waals surface area contributed by atoms with Gasteiger partial charge in [-0.05, 0) is 44.4 Å². The third-order valence-electron chi connectivity index (χ3n) is 4.99. The lowest BCUT2D eigenvalue weighted by atomic mass is 9.88. The fourth-order valence-corrected chi connectivity index (χ4v) is 3.52. The summed E-state index contributed by atoms with van der Waals surface area (Å²) in [5.41, 5.74) is 2.80. The molecule has 0 saturated carbocycles.